The van der Waals surface area contributed by atoms with E-state index in [-0.39, 0.29) is 0 Å². The van der Waals surface area contributed by atoms with E-state index in [4.69, 9.17) is 4.74 Å². The number of fused-ring (bicyclic) bond motifs is 1. The lowest BCUT2D eigenvalue weighted by Crippen LogP contribution is -1.97. The normalized spacial score (nSPS) is 11.0. The average molecular weight is 418 g/mol. The Morgan fingerprint density at radius 2 is 2.00 bits per heavy atom. The van der Waals surface area contributed by atoms with Crippen molar-refractivity contribution < 1.29 is 4.74 Å². The van der Waals surface area contributed by atoms with Crippen LogP contribution in [0.3, 0.4) is 0 Å². The van der Waals surface area contributed by atoms with Gasteiger partial charge in [0.25, 0.3) is 0 Å². The summed E-state index contributed by atoms with van der Waals surface area (Å²) in [4.78, 5) is 8.69. The second-order valence-electron chi connectivity index (χ2n) is 4.84. The van der Waals surface area contributed by atoms with E-state index in [9.17, 15) is 0 Å². The van der Waals surface area contributed by atoms with Crippen LogP contribution in [0.4, 0.5) is 0 Å². The highest BCUT2D eigenvalue weighted by atomic mass is 127. The number of rotatable bonds is 3. The van der Waals surface area contributed by atoms with Crippen LogP contribution in [0.2, 0.25) is 0 Å². The van der Waals surface area contributed by atoms with Gasteiger partial charge >= 0.3 is 0 Å². The van der Waals surface area contributed by atoms with Gasteiger partial charge in [0.1, 0.15) is 15.1 Å². The fraction of sp³-hybridized carbons (Fsp3) is 0.0667. The van der Waals surface area contributed by atoms with Crippen LogP contribution in [0.25, 0.3) is 22.5 Å². The van der Waals surface area contributed by atoms with Crippen LogP contribution < -0.4 is 4.74 Å². The van der Waals surface area contributed by atoms with Crippen molar-refractivity contribution in [3.05, 3.63) is 53.0 Å². The number of halogens is 1. The van der Waals surface area contributed by atoms with Gasteiger partial charge in [-0.15, -0.1) is 0 Å². The van der Waals surface area contributed by atoms with Gasteiger partial charge in [-0.1, -0.05) is 0 Å². The van der Waals surface area contributed by atoms with Crippen LogP contribution >= 0.6 is 22.6 Å². The molecule has 0 saturated carbocycles. The van der Waals surface area contributed by atoms with E-state index in [1.165, 1.54) is 0 Å². The van der Waals surface area contributed by atoms with Crippen LogP contribution in [0.1, 0.15) is 0 Å². The number of nitrogens with zero attached hydrogens (tertiary/aromatic N) is 6. The smallest absolute Gasteiger partial charge is 0.182 e. The summed E-state index contributed by atoms with van der Waals surface area (Å²) >= 11 is 2.18. The third kappa shape index (κ3) is 2.54. The molecule has 8 heteroatoms. The summed E-state index contributed by atoms with van der Waals surface area (Å²) < 4.78 is 9.61. The topological polar surface area (TPSA) is 70.1 Å². The van der Waals surface area contributed by atoms with Gasteiger partial charge in [-0.2, -0.15) is 10.2 Å². The first-order chi connectivity index (χ1) is 11.2. The van der Waals surface area contributed by atoms with Crippen molar-refractivity contribution in [2.75, 3.05) is 7.11 Å². The second kappa shape index (κ2) is 5.61. The summed E-state index contributed by atoms with van der Waals surface area (Å²) in [5, 5.41) is 8.73. The predicted molar refractivity (Wildman–Crippen MR) is 92.6 cm³/mol. The van der Waals surface area contributed by atoms with Gasteiger partial charge in [-0.05, 0) is 34.7 Å². The molecule has 0 radical (unpaired) electrons. The Balaban J connectivity index is 1.78. The second-order valence-corrected chi connectivity index (χ2v) is 5.94. The van der Waals surface area contributed by atoms with Crippen LogP contribution in [0, 0.1) is 3.70 Å². The molecule has 0 aliphatic heterocycles. The standard InChI is InChI=1S/C15H11IN6O/c1-23-12-4-10(5-17-7-12)11-6-18-22(9-11)13-8-19-21-3-2-14(16)20-15(13)21/h2-9H,1H3. The molecule has 4 rings (SSSR count). The van der Waals surface area contributed by atoms with Crippen molar-refractivity contribution in [2.45, 2.75) is 0 Å². The molecule has 4 aromatic rings. The molecule has 7 nitrogen and oxygen atoms in total. The lowest BCUT2D eigenvalue weighted by atomic mass is 10.2. The van der Waals surface area contributed by atoms with Gasteiger partial charge in [-0.25, -0.2) is 14.2 Å². The molecule has 4 heterocycles. The average Bonchev–Trinajstić information content (AvgIpc) is 3.21. The van der Waals surface area contributed by atoms with Gasteiger partial charge in [0.05, 0.1) is 25.7 Å². The lowest BCUT2D eigenvalue weighted by Gasteiger charge is -2.01. The minimum atomic E-state index is 0.711. The first-order valence-corrected chi connectivity index (χ1v) is 7.87. The van der Waals surface area contributed by atoms with Gasteiger partial charge in [0, 0.05) is 29.7 Å². The minimum absolute atomic E-state index is 0.711. The summed E-state index contributed by atoms with van der Waals surface area (Å²) in [6.07, 6.45) is 10.8. The van der Waals surface area contributed by atoms with E-state index in [0.29, 0.717) is 5.75 Å². The Bertz CT molecular complexity index is 992. The van der Waals surface area contributed by atoms with E-state index in [1.807, 2.05) is 24.5 Å². The molecule has 0 N–H and O–H groups in total. The summed E-state index contributed by atoms with van der Waals surface area (Å²) in [7, 11) is 1.62. The highest BCUT2D eigenvalue weighted by Gasteiger charge is 2.11. The summed E-state index contributed by atoms with van der Waals surface area (Å²) in [5.74, 6) is 0.711. The monoisotopic (exact) mass is 418 g/mol. The number of aromatic nitrogens is 6. The Morgan fingerprint density at radius 3 is 2.87 bits per heavy atom. The fourth-order valence-electron chi connectivity index (χ4n) is 2.29. The van der Waals surface area contributed by atoms with Crippen molar-refractivity contribution in [1.82, 2.24) is 29.4 Å². The summed E-state index contributed by atoms with van der Waals surface area (Å²) in [6.45, 7) is 0. The van der Waals surface area contributed by atoms with Gasteiger partial charge in [0.15, 0.2) is 5.65 Å². The zero-order chi connectivity index (χ0) is 15.8. The fourth-order valence-corrected chi connectivity index (χ4v) is 2.68. The number of hydrogen-bond donors (Lipinski definition) is 0. The number of pyridine rings is 1. The maximum Gasteiger partial charge on any atom is 0.182 e. The molecule has 0 aromatic carbocycles. The lowest BCUT2D eigenvalue weighted by molar-refractivity contribution is 0.413. The number of ether oxygens (including phenoxy) is 1. The molecule has 0 unspecified atom stereocenters. The molecule has 0 spiro atoms. The van der Waals surface area contributed by atoms with E-state index in [0.717, 1.165) is 26.2 Å². The third-order valence-corrected chi connectivity index (χ3v) is 4.03. The van der Waals surface area contributed by atoms with Crippen LogP contribution in [0.15, 0.2) is 49.3 Å². The zero-order valence-corrected chi connectivity index (χ0v) is 14.2. The van der Waals surface area contributed by atoms with Crippen LogP contribution in [0.5, 0.6) is 5.75 Å². The molecule has 0 atom stereocenters. The summed E-state index contributed by atoms with van der Waals surface area (Å²) in [6, 6.07) is 3.83. The molecule has 114 valence electrons. The largest absolute Gasteiger partial charge is 0.495 e. The molecule has 23 heavy (non-hydrogen) atoms. The van der Waals surface area contributed by atoms with E-state index < -0.39 is 0 Å². The molecule has 4 aromatic heterocycles. The summed E-state index contributed by atoms with van der Waals surface area (Å²) in [5.41, 5.74) is 3.47. The molecule has 0 amide bonds. The molecule has 0 bridgehead atoms. The van der Waals surface area contributed by atoms with Crippen molar-refractivity contribution >= 4 is 28.2 Å². The first kappa shape index (κ1) is 14.1. The Morgan fingerprint density at radius 1 is 1.09 bits per heavy atom. The van der Waals surface area contributed by atoms with Gasteiger partial charge in [0.2, 0.25) is 0 Å². The van der Waals surface area contributed by atoms with E-state index in [2.05, 4.69) is 42.8 Å². The predicted octanol–water partition coefficient (Wildman–Crippen LogP) is 2.59. The van der Waals surface area contributed by atoms with Crippen molar-refractivity contribution in [3.63, 3.8) is 0 Å². The SMILES string of the molecule is COc1cncc(-c2cnn(-c3cnn4ccc(I)nc34)c2)c1. The van der Waals surface area contributed by atoms with Crippen LogP contribution in [-0.2, 0) is 0 Å². The third-order valence-electron chi connectivity index (χ3n) is 3.43. The van der Waals surface area contributed by atoms with Crippen LogP contribution in [-0.4, -0.2) is 36.5 Å². The molecule has 0 aliphatic carbocycles. The maximum atomic E-state index is 5.21. The molecular formula is C15H11IN6O. The first-order valence-electron chi connectivity index (χ1n) is 6.79. The van der Waals surface area contributed by atoms with E-state index in [1.54, 1.807) is 41.1 Å². The van der Waals surface area contributed by atoms with Crippen molar-refractivity contribution in [1.29, 1.82) is 0 Å². The maximum absolute atomic E-state index is 5.21. The Hall–Kier alpha value is -2.49. The Labute approximate surface area is 145 Å². The van der Waals surface area contributed by atoms with E-state index >= 15 is 0 Å². The number of methoxy groups -OCH3 is 1. The molecule has 0 fully saturated rings. The minimum Gasteiger partial charge on any atom is -0.495 e. The molecular weight excluding hydrogens is 407 g/mol. The zero-order valence-electron chi connectivity index (χ0n) is 12.1. The van der Waals surface area contributed by atoms with Crippen molar-refractivity contribution in [3.8, 4) is 22.6 Å². The van der Waals surface area contributed by atoms with Gasteiger partial charge in [-0.3, -0.25) is 4.98 Å². The molecule has 0 saturated heterocycles. The number of hydrogen-bond acceptors (Lipinski definition) is 5. The quantitative estimate of drug-likeness (QED) is 0.378. The highest BCUT2D eigenvalue weighted by molar-refractivity contribution is 14.1. The van der Waals surface area contributed by atoms with Crippen molar-refractivity contribution in [2.24, 2.45) is 0 Å². The highest BCUT2D eigenvalue weighted by Crippen LogP contribution is 2.23. The molecule has 0 aliphatic rings. The van der Waals surface area contributed by atoms with Gasteiger partial charge < -0.3 is 4.74 Å². The Kier molecular flexibility index (Phi) is 3.45.